The fourth-order valence-corrected chi connectivity index (χ4v) is 4.22. The summed E-state index contributed by atoms with van der Waals surface area (Å²) in [5, 5.41) is 5.20. The monoisotopic (exact) mass is 322 g/mol. The van der Waals surface area contributed by atoms with E-state index in [1.54, 1.807) is 11.3 Å². The molecule has 4 nitrogen and oxygen atoms in total. The highest BCUT2D eigenvalue weighted by Crippen LogP contribution is 2.22. The van der Waals surface area contributed by atoms with E-state index in [9.17, 15) is 4.79 Å². The molecule has 0 radical (unpaired) electrons. The topological polar surface area (TPSA) is 41.6 Å². The van der Waals surface area contributed by atoms with Gasteiger partial charge < -0.3 is 15.0 Å². The Bertz CT molecular complexity index is 515. The number of rotatable bonds is 4. The molecule has 0 spiro atoms. The number of likely N-dealkylation sites (tertiary alicyclic amines) is 1. The van der Waals surface area contributed by atoms with Crippen LogP contribution in [0.3, 0.4) is 0 Å². The van der Waals surface area contributed by atoms with Crippen LogP contribution in [0.5, 0.6) is 0 Å². The number of aryl methyl sites for hydroxylation is 1. The fraction of sp³-hybridized carbons (Fsp3) is 0.706. The van der Waals surface area contributed by atoms with Crippen molar-refractivity contribution in [3.8, 4) is 0 Å². The van der Waals surface area contributed by atoms with Gasteiger partial charge in [-0.3, -0.25) is 4.79 Å². The number of hydrogen-bond donors (Lipinski definition) is 1. The van der Waals surface area contributed by atoms with E-state index in [2.05, 4.69) is 17.1 Å². The molecule has 3 rings (SSSR count). The molecule has 0 saturated carbocycles. The number of amides is 1. The first-order valence-electron chi connectivity index (χ1n) is 8.29. The third-order valence-corrected chi connectivity index (χ3v) is 6.01. The average molecular weight is 322 g/mol. The number of thiophene rings is 1. The summed E-state index contributed by atoms with van der Waals surface area (Å²) < 4.78 is 5.45. The van der Waals surface area contributed by atoms with Gasteiger partial charge in [-0.2, -0.15) is 0 Å². The maximum atomic E-state index is 12.4. The van der Waals surface area contributed by atoms with Gasteiger partial charge in [-0.25, -0.2) is 0 Å². The van der Waals surface area contributed by atoms with Gasteiger partial charge >= 0.3 is 0 Å². The molecule has 1 atom stereocenters. The highest BCUT2D eigenvalue weighted by Gasteiger charge is 2.25. The van der Waals surface area contributed by atoms with Gasteiger partial charge in [-0.15, -0.1) is 11.3 Å². The van der Waals surface area contributed by atoms with Gasteiger partial charge in [-0.05, 0) is 44.6 Å². The maximum Gasteiger partial charge on any atom is 0.252 e. The van der Waals surface area contributed by atoms with Gasteiger partial charge in [0, 0.05) is 42.5 Å². The molecule has 0 unspecified atom stereocenters. The lowest BCUT2D eigenvalue weighted by Gasteiger charge is -2.33. The van der Waals surface area contributed by atoms with E-state index >= 15 is 0 Å². The normalized spacial score (nSPS) is 23.8. The van der Waals surface area contributed by atoms with Crippen molar-refractivity contribution in [2.45, 2.75) is 39.2 Å². The highest BCUT2D eigenvalue weighted by atomic mass is 32.1. The molecular formula is C17H26N2O2S. The smallest absolute Gasteiger partial charge is 0.252 e. The van der Waals surface area contributed by atoms with Crippen LogP contribution in [0.1, 0.15) is 40.1 Å². The van der Waals surface area contributed by atoms with Crippen LogP contribution in [0.15, 0.2) is 5.38 Å². The van der Waals surface area contributed by atoms with Crippen molar-refractivity contribution in [2.24, 2.45) is 5.92 Å². The predicted molar refractivity (Wildman–Crippen MR) is 89.6 cm³/mol. The number of carbonyl (C=O) groups excluding carboxylic acids is 1. The molecule has 2 aliphatic heterocycles. The molecule has 2 aliphatic rings. The summed E-state index contributed by atoms with van der Waals surface area (Å²) in [5.74, 6) is 0.812. The van der Waals surface area contributed by atoms with Crippen LogP contribution in [0, 0.1) is 19.8 Å². The number of carbonyl (C=O) groups is 1. The summed E-state index contributed by atoms with van der Waals surface area (Å²) in [5.41, 5.74) is 1.98. The molecule has 1 amide bonds. The van der Waals surface area contributed by atoms with Gasteiger partial charge in [0.2, 0.25) is 0 Å². The van der Waals surface area contributed by atoms with Crippen molar-refractivity contribution in [1.82, 2.24) is 10.2 Å². The fourth-order valence-electron chi connectivity index (χ4n) is 3.35. The first kappa shape index (κ1) is 16.0. The number of hydrogen-bond acceptors (Lipinski definition) is 4. The standard InChI is InChI=1S/C17H26N2O2S/c1-12-13(2)22-11-16(12)17(20)18-15-3-6-19(7-4-15)9-14-5-8-21-10-14/h11,14-15H,3-10H2,1-2H3,(H,18,20)/t14-/m1/s1. The van der Waals surface area contributed by atoms with Crippen LogP contribution in [0.25, 0.3) is 0 Å². The molecule has 0 aliphatic carbocycles. The van der Waals surface area contributed by atoms with Crippen molar-refractivity contribution in [1.29, 1.82) is 0 Å². The highest BCUT2D eigenvalue weighted by molar-refractivity contribution is 7.10. The van der Waals surface area contributed by atoms with Crippen LogP contribution >= 0.6 is 11.3 Å². The third kappa shape index (κ3) is 3.70. The zero-order chi connectivity index (χ0) is 15.5. The zero-order valence-electron chi connectivity index (χ0n) is 13.6. The minimum atomic E-state index is 0.101. The summed E-state index contributed by atoms with van der Waals surface area (Å²) in [4.78, 5) is 16.1. The van der Waals surface area contributed by atoms with Crippen LogP contribution in [0.4, 0.5) is 0 Å². The Morgan fingerprint density at radius 1 is 1.36 bits per heavy atom. The minimum Gasteiger partial charge on any atom is -0.381 e. The molecule has 122 valence electrons. The van der Waals surface area contributed by atoms with E-state index in [4.69, 9.17) is 4.74 Å². The number of ether oxygens (including phenoxy) is 1. The predicted octanol–water partition coefficient (Wildman–Crippen LogP) is 2.60. The van der Waals surface area contributed by atoms with E-state index in [0.29, 0.717) is 12.0 Å². The SMILES string of the molecule is Cc1scc(C(=O)NC2CCN(C[C@H]3CCOC3)CC2)c1C. The van der Waals surface area contributed by atoms with Gasteiger partial charge in [0.15, 0.2) is 0 Å². The van der Waals surface area contributed by atoms with Crippen molar-refractivity contribution in [3.63, 3.8) is 0 Å². The van der Waals surface area contributed by atoms with Crippen molar-refractivity contribution in [3.05, 3.63) is 21.4 Å². The first-order valence-corrected chi connectivity index (χ1v) is 9.17. The second kappa shape index (κ2) is 7.11. The zero-order valence-corrected chi connectivity index (χ0v) is 14.4. The molecule has 0 bridgehead atoms. The van der Waals surface area contributed by atoms with Crippen LogP contribution in [0.2, 0.25) is 0 Å². The second-order valence-corrected chi connectivity index (χ2v) is 7.69. The van der Waals surface area contributed by atoms with Gasteiger partial charge in [0.25, 0.3) is 5.91 Å². The molecule has 1 aromatic heterocycles. The van der Waals surface area contributed by atoms with E-state index in [0.717, 1.165) is 56.8 Å². The van der Waals surface area contributed by atoms with Crippen molar-refractivity contribution in [2.75, 3.05) is 32.8 Å². The quantitative estimate of drug-likeness (QED) is 0.926. The van der Waals surface area contributed by atoms with Crippen LogP contribution in [-0.2, 0) is 4.74 Å². The third-order valence-electron chi connectivity index (χ3n) is 4.99. The molecule has 0 aromatic carbocycles. The Hall–Kier alpha value is -0.910. The molecule has 22 heavy (non-hydrogen) atoms. The van der Waals surface area contributed by atoms with E-state index in [1.165, 1.54) is 11.3 Å². The molecule has 5 heteroatoms. The summed E-state index contributed by atoms with van der Waals surface area (Å²) in [6, 6.07) is 0.322. The summed E-state index contributed by atoms with van der Waals surface area (Å²) in [7, 11) is 0. The Morgan fingerprint density at radius 2 is 2.14 bits per heavy atom. The van der Waals surface area contributed by atoms with Gasteiger partial charge in [0.05, 0.1) is 12.2 Å². The maximum absolute atomic E-state index is 12.4. The van der Waals surface area contributed by atoms with Crippen LogP contribution < -0.4 is 5.32 Å². The first-order chi connectivity index (χ1) is 10.6. The van der Waals surface area contributed by atoms with Gasteiger partial charge in [-0.1, -0.05) is 0 Å². The average Bonchev–Trinajstić information content (AvgIpc) is 3.12. The largest absolute Gasteiger partial charge is 0.381 e. The second-order valence-electron chi connectivity index (χ2n) is 6.61. The molecule has 2 fully saturated rings. The number of piperidine rings is 1. The lowest BCUT2D eigenvalue weighted by molar-refractivity contribution is 0.0903. The molecule has 1 aromatic rings. The minimum absolute atomic E-state index is 0.101. The van der Waals surface area contributed by atoms with E-state index in [1.807, 2.05) is 12.3 Å². The van der Waals surface area contributed by atoms with Crippen LogP contribution in [-0.4, -0.2) is 49.7 Å². The molecule has 1 N–H and O–H groups in total. The number of nitrogens with one attached hydrogen (secondary N) is 1. The summed E-state index contributed by atoms with van der Waals surface area (Å²) in [6.07, 6.45) is 3.32. The van der Waals surface area contributed by atoms with Crippen molar-refractivity contribution >= 4 is 17.2 Å². The van der Waals surface area contributed by atoms with Gasteiger partial charge in [0.1, 0.15) is 0 Å². The lowest BCUT2D eigenvalue weighted by Crippen LogP contribution is -2.45. The van der Waals surface area contributed by atoms with E-state index < -0.39 is 0 Å². The van der Waals surface area contributed by atoms with E-state index in [-0.39, 0.29) is 5.91 Å². The summed E-state index contributed by atoms with van der Waals surface area (Å²) in [6.45, 7) is 9.29. The Morgan fingerprint density at radius 3 is 2.73 bits per heavy atom. The Labute approximate surface area is 136 Å². The number of nitrogens with zero attached hydrogens (tertiary/aromatic N) is 1. The Balaban J connectivity index is 1.45. The molecular weight excluding hydrogens is 296 g/mol. The Kier molecular flexibility index (Phi) is 5.16. The summed E-state index contributed by atoms with van der Waals surface area (Å²) >= 11 is 1.66. The lowest BCUT2D eigenvalue weighted by atomic mass is 10.0. The van der Waals surface area contributed by atoms with Crippen molar-refractivity contribution < 1.29 is 9.53 Å². The molecule has 2 saturated heterocycles. The molecule has 3 heterocycles.